The van der Waals surface area contributed by atoms with Gasteiger partial charge < -0.3 is 19.9 Å². The highest BCUT2D eigenvalue weighted by molar-refractivity contribution is 5.94. The van der Waals surface area contributed by atoms with Gasteiger partial charge in [0.05, 0.1) is 12.6 Å². The molecule has 1 atom stereocenters. The molecule has 1 amide bonds. The highest BCUT2D eigenvalue weighted by atomic mass is 16.5. The van der Waals surface area contributed by atoms with E-state index in [0.29, 0.717) is 6.61 Å². The second-order valence-corrected chi connectivity index (χ2v) is 6.36. The van der Waals surface area contributed by atoms with E-state index in [4.69, 9.17) is 4.74 Å². The van der Waals surface area contributed by atoms with E-state index in [1.165, 1.54) is 5.69 Å². The molecule has 2 aliphatic rings. The highest BCUT2D eigenvalue weighted by Crippen LogP contribution is 2.17. The van der Waals surface area contributed by atoms with E-state index in [1.807, 2.05) is 12.1 Å². The number of carbonyl (C=O) groups is 1. The molecule has 1 unspecified atom stereocenters. The van der Waals surface area contributed by atoms with E-state index >= 15 is 0 Å². The first-order valence-corrected chi connectivity index (χ1v) is 8.72. The first-order chi connectivity index (χ1) is 11.3. The number of hydrogen-bond donors (Lipinski definition) is 1. The molecule has 5 nitrogen and oxygen atoms in total. The Morgan fingerprint density at radius 2 is 1.96 bits per heavy atom. The number of piperazine rings is 1. The predicted octanol–water partition coefficient (Wildman–Crippen LogP) is 1.74. The van der Waals surface area contributed by atoms with E-state index in [-0.39, 0.29) is 11.9 Å². The molecule has 0 spiro atoms. The van der Waals surface area contributed by atoms with Gasteiger partial charge in [-0.1, -0.05) is 6.92 Å². The van der Waals surface area contributed by atoms with E-state index < -0.39 is 0 Å². The summed E-state index contributed by atoms with van der Waals surface area (Å²) in [6.07, 6.45) is 2.03. The van der Waals surface area contributed by atoms with Crippen molar-refractivity contribution in [2.45, 2.75) is 25.8 Å². The van der Waals surface area contributed by atoms with Gasteiger partial charge in [-0.25, -0.2) is 0 Å². The molecule has 2 heterocycles. The zero-order valence-corrected chi connectivity index (χ0v) is 14.0. The van der Waals surface area contributed by atoms with E-state index in [9.17, 15) is 4.79 Å². The fourth-order valence-corrected chi connectivity index (χ4v) is 3.27. The van der Waals surface area contributed by atoms with Crippen LogP contribution in [0.4, 0.5) is 5.69 Å². The molecular formula is C18H27N3O2. The average Bonchev–Trinajstić information content (AvgIpc) is 2.63. The average molecular weight is 317 g/mol. The Balaban J connectivity index is 1.55. The van der Waals surface area contributed by atoms with Crippen molar-refractivity contribution in [1.29, 1.82) is 0 Å². The van der Waals surface area contributed by atoms with Crippen molar-refractivity contribution < 1.29 is 9.53 Å². The van der Waals surface area contributed by atoms with Gasteiger partial charge in [-0.05, 0) is 43.7 Å². The molecule has 0 bridgehead atoms. The summed E-state index contributed by atoms with van der Waals surface area (Å²) in [6, 6.07) is 8.14. The molecule has 2 saturated heterocycles. The number of benzene rings is 1. The van der Waals surface area contributed by atoms with Crippen LogP contribution >= 0.6 is 0 Å². The van der Waals surface area contributed by atoms with Gasteiger partial charge in [-0.15, -0.1) is 0 Å². The molecule has 23 heavy (non-hydrogen) atoms. The molecule has 5 heteroatoms. The normalized spacial score (nSPS) is 22.8. The van der Waals surface area contributed by atoms with Crippen LogP contribution in [0.3, 0.4) is 0 Å². The predicted molar refractivity (Wildman–Crippen MR) is 92.1 cm³/mol. The summed E-state index contributed by atoms with van der Waals surface area (Å²) in [5.74, 6) is 0.00264. The minimum Gasteiger partial charge on any atom is -0.379 e. The van der Waals surface area contributed by atoms with Crippen LogP contribution in [0.15, 0.2) is 24.3 Å². The first-order valence-electron chi connectivity index (χ1n) is 8.72. The van der Waals surface area contributed by atoms with Crippen molar-refractivity contribution >= 4 is 11.6 Å². The lowest BCUT2D eigenvalue weighted by Crippen LogP contribution is -2.46. The minimum atomic E-state index is 0.00264. The fourth-order valence-electron chi connectivity index (χ4n) is 3.27. The zero-order valence-electron chi connectivity index (χ0n) is 14.0. The number of hydrogen-bond acceptors (Lipinski definition) is 4. The summed E-state index contributed by atoms with van der Waals surface area (Å²) in [7, 11) is 0. The Morgan fingerprint density at radius 1 is 1.22 bits per heavy atom. The third-order valence-corrected chi connectivity index (χ3v) is 4.81. The van der Waals surface area contributed by atoms with Gasteiger partial charge in [0.2, 0.25) is 0 Å². The molecule has 126 valence electrons. The molecule has 2 fully saturated rings. The van der Waals surface area contributed by atoms with Crippen LogP contribution in [0.1, 0.15) is 30.1 Å². The zero-order chi connectivity index (χ0) is 16.1. The Bertz CT molecular complexity index is 504. The summed E-state index contributed by atoms with van der Waals surface area (Å²) in [5, 5.41) is 3.06. The third kappa shape index (κ3) is 4.24. The van der Waals surface area contributed by atoms with Gasteiger partial charge in [-0.2, -0.15) is 0 Å². The summed E-state index contributed by atoms with van der Waals surface area (Å²) >= 11 is 0. The molecule has 0 aromatic heterocycles. The SMILES string of the molecule is CCN1CCN(c2ccc(C(=O)NC3CCCOC3)cc2)CC1. The van der Waals surface area contributed by atoms with Crippen LogP contribution in [0.25, 0.3) is 0 Å². The van der Waals surface area contributed by atoms with Gasteiger partial charge in [0.15, 0.2) is 0 Å². The maximum Gasteiger partial charge on any atom is 0.251 e. The Hall–Kier alpha value is -1.59. The quantitative estimate of drug-likeness (QED) is 0.919. The lowest BCUT2D eigenvalue weighted by Gasteiger charge is -2.35. The maximum atomic E-state index is 12.3. The Kier molecular flexibility index (Phi) is 5.51. The topological polar surface area (TPSA) is 44.8 Å². The number of amides is 1. The highest BCUT2D eigenvalue weighted by Gasteiger charge is 2.18. The van der Waals surface area contributed by atoms with Gasteiger partial charge in [0.1, 0.15) is 0 Å². The maximum absolute atomic E-state index is 12.3. The van der Waals surface area contributed by atoms with Crippen molar-refractivity contribution in [3.63, 3.8) is 0 Å². The number of carbonyl (C=O) groups excluding carboxylic acids is 1. The molecule has 2 aliphatic heterocycles. The third-order valence-electron chi connectivity index (χ3n) is 4.81. The molecule has 1 aromatic rings. The number of nitrogens with one attached hydrogen (secondary N) is 1. The van der Waals surface area contributed by atoms with Gasteiger partial charge in [-0.3, -0.25) is 4.79 Å². The molecular weight excluding hydrogens is 290 g/mol. The smallest absolute Gasteiger partial charge is 0.251 e. The lowest BCUT2D eigenvalue weighted by molar-refractivity contribution is 0.0624. The first kappa shape index (κ1) is 16.3. The van der Waals surface area contributed by atoms with Gasteiger partial charge >= 0.3 is 0 Å². The van der Waals surface area contributed by atoms with Crippen LogP contribution in [0.2, 0.25) is 0 Å². The standard InChI is InChI=1S/C18H27N3O2/c1-2-20-9-11-21(12-10-20)17-7-5-15(6-8-17)18(22)19-16-4-3-13-23-14-16/h5-8,16H,2-4,9-14H2,1H3,(H,19,22). The number of nitrogens with zero attached hydrogens (tertiary/aromatic N) is 2. The van der Waals surface area contributed by atoms with Crippen molar-refractivity contribution in [2.75, 3.05) is 50.8 Å². The molecule has 0 aliphatic carbocycles. The summed E-state index contributed by atoms with van der Waals surface area (Å²) in [4.78, 5) is 17.1. The number of ether oxygens (including phenoxy) is 1. The lowest BCUT2D eigenvalue weighted by atomic mass is 10.1. The number of likely N-dealkylation sites (N-methyl/N-ethyl adjacent to an activating group) is 1. The molecule has 1 aromatic carbocycles. The minimum absolute atomic E-state index is 0.00264. The van der Waals surface area contributed by atoms with Crippen molar-refractivity contribution in [1.82, 2.24) is 10.2 Å². The molecule has 3 rings (SSSR count). The van der Waals surface area contributed by atoms with Crippen LogP contribution in [-0.2, 0) is 4.74 Å². The van der Waals surface area contributed by atoms with Crippen LogP contribution in [-0.4, -0.2) is 62.8 Å². The summed E-state index contributed by atoms with van der Waals surface area (Å²) in [5.41, 5.74) is 1.94. The van der Waals surface area contributed by atoms with Crippen molar-refractivity contribution in [3.8, 4) is 0 Å². The molecule has 0 radical (unpaired) electrons. The summed E-state index contributed by atoms with van der Waals surface area (Å²) < 4.78 is 5.41. The van der Waals surface area contributed by atoms with Gasteiger partial charge in [0, 0.05) is 44.0 Å². The van der Waals surface area contributed by atoms with Crippen LogP contribution in [0.5, 0.6) is 0 Å². The van der Waals surface area contributed by atoms with Crippen molar-refractivity contribution in [2.24, 2.45) is 0 Å². The fraction of sp³-hybridized carbons (Fsp3) is 0.611. The second kappa shape index (κ2) is 7.79. The van der Waals surface area contributed by atoms with Crippen molar-refractivity contribution in [3.05, 3.63) is 29.8 Å². The largest absolute Gasteiger partial charge is 0.379 e. The number of rotatable bonds is 4. The second-order valence-electron chi connectivity index (χ2n) is 6.36. The van der Waals surface area contributed by atoms with Gasteiger partial charge in [0.25, 0.3) is 5.91 Å². The number of anilines is 1. The molecule has 1 N–H and O–H groups in total. The summed E-state index contributed by atoms with van der Waals surface area (Å²) in [6.45, 7) is 9.11. The van der Waals surface area contributed by atoms with Crippen LogP contribution in [0, 0.1) is 0 Å². The Labute approximate surface area is 138 Å². The van der Waals surface area contributed by atoms with E-state index in [0.717, 1.165) is 57.7 Å². The van der Waals surface area contributed by atoms with Crippen LogP contribution < -0.4 is 10.2 Å². The Morgan fingerprint density at radius 3 is 2.57 bits per heavy atom. The molecule has 0 saturated carbocycles. The van der Waals surface area contributed by atoms with E-state index in [1.54, 1.807) is 0 Å². The monoisotopic (exact) mass is 317 g/mol. The van der Waals surface area contributed by atoms with E-state index in [2.05, 4.69) is 34.2 Å².